The van der Waals surface area contributed by atoms with Crippen LogP contribution in [0.25, 0.3) is 21.9 Å². The molecule has 1 aromatic carbocycles. The lowest BCUT2D eigenvalue weighted by Gasteiger charge is -2.26. The third-order valence-corrected chi connectivity index (χ3v) is 7.12. The highest BCUT2D eigenvalue weighted by atomic mass is 16.1. The van der Waals surface area contributed by atoms with Gasteiger partial charge in [-0.15, -0.1) is 0 Å². The van der Waals surface area contributed by atoms with E-state index >= 15 is 0 Å². The molecule has 1 N–H and O–H groups in total. The second-order valence-corrected chi connectivity index (χ2v) is 9.37. The Kier molecular flexibility index (Phi) is 6.32. The first-order valence-corrected chi connectivity index (χ1v) is 12.0. The van der Waals surface area contributed by atoms with Gasteiger partial charge in [0.25, 0.3) is 0 Å². The molecular weight excluding hydrogens is 398 g/mol. The predicted octanol–water partition coefficient (Wildman–Crippen LogP) is 3.73. The lowest BCUT2D eigenvalue weighted by atomic mass is 9.91. The first kappa shape index (κ1) is 21.3. The van der Waals surface area contributed by atoms with E-state index in [2.05, 4.69) is 44.6 Å². The molecule has 0 unspecified atom stereocenters. The molecule has 2 saturated heterocycles. The minimum absolute atomic E-state index is 0.174. The Balaban J connectivity index is 1.39. The zero-order valence-corrected chi connectivity index (χ0v) is 19.0. The van der Waals surface area contributed by atoms with E-state index in [4.69, 9.17) is 0 Å². The molecule has 168 valence electrons. The van der Waals surface area contributed by atoms with Crippen molar-refractivity contribution in [2.75, 3.05) is 26.2 Å². The van der Waals surface area contributed by atoms with Gasteiger partial charge in [-0.2, -0.15) is 5.10 Å². The normalized spacial score (nSPS) is 18.3. The van der Waals surface area contributed by atoms with Crippen LogP contribution in [-0.2, 0) is 24.8 Å². The van der Waals surface area contributed by atoms with Gasteiger partial charge >= 0.3 is 0 Å². The monoisotopic (exact) mass is 431 g/mol. The summed E-state index contributed by atoms with van der Waals surface area (Å²) in [7, 11) is 2.04. The number of hydrogen-bond donors (Lipinski definition) is 1. The molecule has 2 fully saturated rings. The third kappa shape index (κ3) is 4.62. The lowest BCUT2D eigenvalue weighted by Crippen LogP contribution is -2.32. The molecule has 32 heavy (non-hydrogen) atoms. The summed E-state index contributed by atoms with van der Waals surface area (Å²) < 4.78 is 2.02. The predicted molar refractivity (Wildman–Crippen MR) is 127 cm³/mol. The molecule has 2 aromatic heterocycles. The van der Waals surface area contributed by atoms with Crippen molar-refractivity contribution in [1.82, 2.24) is 25.0 Å². The molecule has 2 aliphatic heterocycles. The molecule has 6 heteroatoms. The molecule has 2 aliphatic rings. The summed E-state index contributed by atoms with van der Waals surface area (Å²) in [5.41, 5.74) is 4.52. The fourth-order valence-electron chi connectivity index (χ4n) is 5.14. The maximum absolute atomic E-state index is 12.7. The van der Waals surface area contributed by atoms with E-state index in [9.17, 15) is 4.79 Å². The van der Waals surface area contributed by atoms with E-state index in [1.54, 1.807) is 0 Å². The average molecular weight is 432 g/mol. The van der Waals surface area contributed by atoms with E-state index in [-0.39, 0.29) is 5.92 Å². The van der Waals surface area contributed by atoms with Gasteiger partial charge < -0.3 is 5.32 Å². The average Bonchev–Trinajstić information content (AvgIpc) is 3.19. The number of pyridine rings is 1. The van der Waals surface area contributed by atoms with Crippen molar-refractivity contribution < 1.29 is 4.79 Å². The summed E-state index contributed by atoms with van der Waals surface area (Å²) in [6.45, 7) is 5.16. The number of hydrogen-bond acceptors (Lipinski definition) is 5. The highest BCUT2D eigenvalue weighted by Gasteiger charge is 2.21. The lowest BCUT2D eigenvalue weighted by molar-refractivity contribution is -0.123. The number of ketones is 1. The van der Waals surface area contributed by atoms with Crippen LogP contribution in [0.4, 0.5) is 0 Å². The summed E-state index contributed by atoms with van der Waals surface area (Å²) in [5, 5.41) is 10.2. The van der Waals surface area contributed by atoms with Gasteiger partial charge in [0.2, 0.25) is 0 Å². The van der Waals surface area contributed by atoms with Crippen molar-refractivity contribution in [3.63, 3.8) is 0 Å². The molecule has 0 bridgehead atoms. The Hall–Kier alpha value is -2.57. The van der Waals surface area contributed by atoms with Gasteiger partial charge in [0.05, 0.1) is 11.9 Å². The van der Waals surface area contributed by atoms with Gasteiger partial charge in [-0.1, -0.05) is 18.6 Å². The molecule has 0 radical (unpaired) electrons. The van der Waals surface area contributed by atoms with E-state index < -0.39 is 0 Å². The Morgan fingerprint density at radius 2 is 1.88 bits per heavy atom. The zero-order chi connectivity index (χ0) is 21.9. The third-order valence-electron chi connectivity index (χ3n) is 7.12. The zero-order valence-electron chi connectivity index (χ0n) is 19.0. The molecule has 3 aromatic rings. The summed E-state index contributed by atoms with van der Waals surface area (Å²) in [6.07, 6.45) is 10.1. The smallest absolute Gasteiger partial charge is 0.142 e. The number of likely N-dealkylation sites (tertiary alicyclic amines) is 1. The van der Waals surface area contributed by atoms with Crippen LogP contribution >= 0.6 is 0 Å². The second kappa shape index (κ2) is 9.51. The minimum Gasteiger partial charge on any atom is -0.317 e. The van der Waals surface area contributed by atoms with Gasteiger partial charge in [0, 0.05) is 48.8 Å². The Labute approximate surface area is 190 Å². The number of nitrogens with zero attached hydrogens (tertiary/aromatic N) is 4. The van der Waals surface area contributed by atoms with Gasteiger partial charge in [-0.05, 0) is 74.9 Å². The van der Waals surface area contributed by atoms with Crippen LogP contribution in [0.15, 0.2) is 36.7 Å². The quantitative estimate of drug-likeness (QED) is 0.644. The van der Waals surface area contributed by atoms with Gasteiger partial charge in [-0.25, -0.2) is 0 Å². The molecule has 6 nitrogen and oxygen atoms in total. The van der Waals surface area contributed by atoms with E-state index in [1.165, 1.54) is 49.2 Å². The van der Waals surface area contributed by atoms with Crippen molar-refractivity contribution in [2.45, 2.75) is 45.1 Å². The van der Waals surface area contributed by atoms with Crippen molar-refractivity contribution in [3.8, 4) is 11.1 Å². The summed E-state index contributed by atoms with van der Waals surface area (Å²) >= 11 is 0. The number of benzene rings is 1. The topological polar surface area (TPSA) is 63.1 Å². The van der Waals surface area contributed by atoms with Crippen molar-refractivity contribution in [2.24, 2.45) is 13.0 Å². The maximum atomic E-state index is 12.7. The number of carbonyl (C=O) groups excluding carboxylic acids is 1. The molecule has 0 aliphatic carbocycles. The molecule has 0 spiro atoms. The van der Waals surface area contributed by atoms with Crippen LogP contribution in [0.1, 0.15) is 43.5 Å². The largest absolute Gasteiger partial charge is 0.317 e. The number of carbonyl (C=O) groups is 1. The fourth-order valence-corrected chi connectivity index (χ4v) is 5.14. The van der Waals surface area contributed by atoms with Crippen LogP contribution in [0.5, 0.6) is 0 Å². The number of fused-ring (bicyclic) bond motifs is 1. The van der Waals surface area contributed by atoms with Crippen LogP contribution in [0, 0.1) is 5.92 Å². The van der Waals surface area contributed by atoms with E-state index in [1.807, 2.05) is 24.1 Å². The minimum atomic E-state index is 0.174. The Bertz CT molecular complexity index is 1090. The Morgan fingerprint density at radius 1 is 1.06 bits per heavy atom. The van der Waals surface area contributed by atoms with E-state index in [0.717, 1.165) is 48.9 Å². The van der Waals surface area contributed by atoms with Crippen molar-refractivity contribution in [1.29, 1.82) is 0 Å². The Morgan fingerprint density at radius 3 is 2.69 bits per heavy atom. The number of Topliss-reactive ketones (excluding diaryl/α,β-unsaturated/α-hetero) is 1. The number of piperidine rings is 2. The molecule has 0 amide bonds. The summed E-state index contributed by atoms with van der Waals surface area (Å²) in [5.74, 6) is 0.499. The SMILES string of the molecule is Cn1ncc(-c2ccc3cnc(CC(=O)C4CCNCC4)cc3c2)c1CN1CCCCC1. The van der Waals surface area contributed by atoms with Crippen LogP contribution in [-0.4, -0.2) is 51.6 Å². The highest BCUT2D eigenvalue weighted by Crippen LogP contribution is 2.29. The van der Waals surface area contributed by atoms with Crippen LogP contribution in [0.2, 0.25) is 0 Å². The summed E-state index contributed by atoms with van der Waals surface area (Å²) in [4.78, 5) is 19.9. The van der Waals surface area contributed by atoms with Crippen LogP contribution in [0.3, 0.4) is 0 Å². The van der Waals surface area contributed by atoms with Gasteiger partial charge in [0.15, 0.2) is 0 Å². The molecule has 0 atom stereocenters. The van der Waals surface area contributed by atoms with Gasteiger partial charge in [-0.3, -0.25) is 19.4 Å². The van der Waals surface area contributed by atoms with E-state index in [0.29, 0.717) is 12.2 Å². The number of aryl methyl sites for hydroxylation is 1. The van der Waals surface area contributed by atoms with Gasteiger partial charge in [0.1, 0.15) is 5.78 Å². The number of rotatable bonds is 6. The number of aromatic nitrogens is 3. The first-order valence-electron chi connectivity index (χ1n) is 12.0. The molecular formula is C26H33N5O. The standard InChI is InChI=1S/C26H33N5O/c1-30-25(18-31-11-3-2-4-12-31)24(17-29-30)20-5-6-21-16-28-23(14-22(21)13-20)15-26(32)19-7-9-27-10-8-19/h5-6,13-14,16-17,19,27H,2-4,7-12,15,18H2,1H3. The fraction of sp³-hybridized carbons (Fsp3) is 0.500. The molecule has 5 rings (SSSR count). The molecule has 0 saturated carbocycles. The first-order chi connectivity index (χ1) is 15.7. The summed E-state index contributed by atoms with van der Waals surface area (Å²) in [6, 6.07) is 8.62. The maximum Gasteiger partial charge on any atom is 0.142 e. The molecule has 4 heterocycles. The van der Waals surface area contributed by atoms with Crippen molar-refractivity contribution >= 4 is 16.6 Å². The number of nitrogens with one attached hydrogen (secondary N) is 1. The van der Waals surface area contributed by atoms with Crippen LogP contribution < -0.4 is 5.32 Å². The highest BCUT2D eigenvalue weighted by molar-refractivity contribution is 5.89. The second-order valence-electron chi connectivity index (χ2n) is 9.37. The van der Waals surface area contributed by atoms with Crippen molar-refractivity contribution in [3.05, 3.63) is 48.0 Å².